The van der Waals surface area contributed by atoms with E-state index in [2.05, 4.69) is 11.4 Å². The number of thiophene rings is 1. The van der Waals surface area contributed by atoms with Crippen LogP contribution in [0.5, 0.6) is 0 Å². The standard InChI is InChI=1S/C27H30N4O3S/c1-21-9-14-25(35-21)19-31(18-23-7-4-3-5-8-23)26(32)20-30(15-6-16-34-2)27(33)29-24-12-10-22(17-28)11-13-24/h3-5,7-14H,6,15-16,18-20H2,1-2H3,(H,29,33). The van der Waals surface area contributed by atoms with Crippen LogP contribution in [0.25, 0.3) is 0 Å². The zero-order chi connectivity index (χ0) is 25.0. The molecule has 0 aliphatic heterocycles. The molecule has 3 aromatic rings. The lowest BCUT2D eigenvalue weighted by Crippen LogP contribution is -2.44. The van der Waals surface area contributed by atoms with Crippen LogP contribution in [0.1, 0.15) is 27.3 Å². The monoisotopic (exact) mass is 490 g/mol. The van der Waals surface area contributed by atoms with Crippen molar-refractivity contribution in [1.29, 1.82) is 5.26 Å². The van der Waals surface area contributed by atoms with Gasteiger partial charge in [0.15, 0.2) is 0 Å². The Bertz CT molecular complexity index is 1140. The summed E-state index contributed by atoms with van der Waals surface area (Å²) in [5.41, 5.74) is 2.10. The van der Waals surface area contributed by atoms with Crippen molar-refractivity contribution in [2.75, 3.05) is 32.1 Å². The van der Waals surface area contributed by atoms with Crippen LogP contribution in [0, 0.1) is 18.3 Å². The van der Waals surface area contributed by atoms with Crippen LogP contribution < -0.4 is 5.32 Å². The van der Waals surface area contributed by atoms with Crippen molar-refractivity contribution in [1.82, 2.24) is 9.80 Å². The van der Waals surface area contributed by atoms with Crippen molar-refractivity contribution in [3.8, 4) is 6.07 Å². The van der Waals surface area contributed by atoms with Gasteiger partial charge in [-0.05, 0) is 55.3 Å². The Hall–Kier alpha value is -3.67. The van der Waals surface area contributed by atoms with E-state index in [1.807, 2.05) is 49.4 Å². The van der Waals surface area contributed by atoms with Crippen molar-refractivity contribution in [3.63, 3.8) is 0 Å². The molecular weight excluding hydrogens is 460 g/mol. The third-order valence-electron chi connectivity index (χ3n) is 5.37. The fourth-order valence-corrected chi connectivity index (χ4v) is 4.45. The smallest absolute Gasteiger partial charge is 0.322 e. The van der Waals surface area contributed by atoms with E-state index in [0.717, 1.165) is 10.4 Å². The van der Waals surface area contributed by atoms with Crippen LogP contribution in [0.15, 0.2) is 66.7 Å². The number of hydrogen-bond donors (Lipinski definition) is 1. The summed E-state index contributed by atoms with van der Waals surface area (Å²) in [5.74, 6) is -0.132. The summed E-state index contributed by atoms with van der Waals surface area (Å²) in [7, 11) is 1.61. The molecule has 7 nitrogen and oxygen atoms in total. The minimum Gasteiger partial charge on any atom is -0.385 e. The largest absolute Gasteiger partial charge is 0.385 e. The maximum absolute atomic E-state index is 13.5. The molecule has 2 aromatic carbocycles. The number of carbonyl (C=O) groups excluding carboxylic acids is 2. The van der Waals surface area contributed by atoms with Crippen LogP contribution in [0.2, 0.25) is 0 Å². The second-order valence-electron chi connectivity index (χ2n) is 8.13. The third-order valence-corrected chi connectivity index (χ3v) is 6.35. The molecule has 1 aromatic heterocycles. The molecule has 0 fully saturated rings. The van der Waals surface area contributed by atoms with Crippen molar-refractivity contribution in [2.45, 2.75) is 26.4 Å². The Balaban J connectivity index is 1.74. The zero-order valence-corrected chi connectivity index (χ0v) is 20.9. The molecule has 1 N–H and O–H groups in total. The van der Waals surface area contributed by atoms with Gasteiger partial charge >= 0.3 is 6.03 Å². The van der Waals surface area contributed by atoms with E-state index >= 15 is 0 Å². The van der Waals surface area contributed by atoms with E-state index in [4.69, 9.17) is 10.00 Å². The van der Waals surface area contributed by atoms with Gasteiger partial charge in [0.2, 0.25) is 5.91 Å². The van der Waals surface area contributed by atoms with Crippen LogP contribution in [0.3, 0.4) is 0 Å². The number of carbonyl (C=O) groups is 2. The summed E-state index contributed by atoms with van der Waals surface area (Å²) >= 11 is 1.66. The molecule has 3 rings (SSSR count). The van der Waals surface area contributed by atoms with Crippen molar-refractivity contribution in [3.05, 3.63) is 87.6 Å². The SMILES string of the molecule is COCCCN(CC(=O)N(Cc1ccccc1)Cc1ccc(C)s1)C(=O)Nc1ccc(C#N)cc1. The summed E-state index contributed by atoms with van der Waals surface area (Å²) < 4.78 is 5.15. The third kappa shape index (κ3) is 8.25. The van der Waals surface area contributed by atoms with Crippen molar-refractivity contribution < 1.29 is 14.3 Å². The Labute approximate surface area is 210 Å². The highest BCUT2D eigenvalue weighted by atomic mass is 32.1. The van der Waals surface area contributed by atoms with Gasteiger partial charge in [0.25, 0.3) is 0 Å². The van der Waals surface area contributed by atoms with Crippen LogP contribution in [0.4, 0.5) is 10.5 Å². The van der Waals surface area contributed by atoms with Gasteiger partial charge < -0.3 is 19.9 Å². The first kappa shape index (κ1) is 25.9. The molecule has 0 spiro atoms. The van der Waals surface area contributed by atoms with Crippen molar-refractivity contribution >= 4 is 29.0 Å². The van der Waals surface area contributed by atoms with Crippen LogP contribution in [-0.4, -0.2) is 48.5 Å². The molecule has 35 heavy (non-hydrogen) atoms. The molecule has 0 saturated heterocycles. The van der Waals surface area contributed by atoms with E-state index in [1.54, 1.807) is 47.6 Å². The topological polar surface area (TPSA) is 85.7 Å². The number of nitrogens with zero attached hydrogens (tertiary/aromatic N) is 3. The predicted octanol–water partition coefficient (Wildman–Crippen LogP) is 5.03. The molecule has 182 valence electrons. The Morgan fingerprint density at radius 3 is 2.37 bits per heavy atom. The number of urea groups is 1. The minimum atomic E-state index is -0.370. The van der Waals surface area contributed by atoms with Gasteiger partial charge in [0.1, 0.15) is 6.54 Å². The molecule has 0 unspecified atom stereocenters. The quantitative estimate of drug-likeness (QED) is 0.382. The predicted molar refractivity (Wildman–Crippen MR) is 138 cm³/mol. The van der Waals surface area contributed by atoms with Crippen LogP contribution >= 0.6 is 11.3 Å². The number of nitrogens with one attached hydrogen (secondary N) is 1. The molecular formula is C27H30N4O3S. The molecule has 3 amide bonds. The van der Waals surface area contributed by atoms with Crippen molar-refractivity contribution in [2.24, 2.45) is 0 Å². The lowest BCUT2D eigenvalue weighted by atomic mass is 10.2. The Kier molecular flexibility index (Phi) is 9.84. The summed E-state index contributed by atoms with van der Waals surface area (Å²) in [6.45, 7) is 3.79. The summed E-state index contributed by atoms with van der Waals surface area (Å²) in [5, 5.41) is 11.8. The number of nitriles is 1. The number of amides is 3. The number of aryl methyl sites for hydroxylation is 1. The van der Waals surface area contributed by atoms with E-state index < -0.39 is 0 Å². The van der Waals surface area contributed by atoms with Gasteiger partial charge in [0, 0.05) is 42.2 Å². The van der Waals surface area contributed by atoms with Gasteiger partial charge in [-0.3, -0.25) is 4.79 Å². The van der Waals surface area contributed by atoms with Gasteiger partial charge in [-0.25, -0.2) is 4.79 Å². The molecule has 0 atom stereocenters. The molecule has 0 aliphatic carbocycles. The normalized spacial score (nSPS) is 10.4. The van der Waals surface area contributed by atoms with E-state index in [0.29, 0.717) is 43.9 Å². The number of benzene rings is 2. The number of hydrogen-bond acceptors (Lipinski definition) is 5. The van der Waals surface area contributed by atoms with Crippen LogP contribution in [-0.2, 0) is 22.6 Å². The molecule has 8 heteroatoms. The summed E-state index contributed by atoms with van der Waals surface area (Å²) in [4.78, 5) is 32.2. The molecule has 0 aliphatic rings. The lowest BCUT2D eigenvalue weighted by molar-refractivity contribution is -0.133. The Morgan fingerprint density at radius 1 is 1.00 bits per heavy atom. The number of rotatable bonds is 11. The maximum atomic E-state index is 13.5. The number of anilines is 1. The summed E-state index contributed by atoms with van der Waals surface area (Å²) in [6, 6.07) is 22.2. The van der Waals surface area contributed by atoms with Gasteiger partial charge in [-0.2, -0.15) is 5.26 Å². The first-order chi connectivity index (χ1) is 17.0. The highest BCUT2D eigenvalue weighted by molar-refractivity contribution is 7.11. The number of methoxy groups -OCH3 is 1. The van der Waals surface area contributed by atoms with E-state index in [9.17, 15) is 9.59 Å². The second kappa shape index (κ2) is 13.3. The fourth-order valence-electron chi connectivity index (χ4n) is 3.54. The second-order valence-corrected chi connectivity index (χ2v) is 9.51. The van der Waals surface area contributed by atoms with Gasteiger partial charge in [-0.1, -0.05) is 30.3 Å². The molecule has 0 radical (unpaired) electrons. The molecule has 1 heterocycles. The Morgan fingerprint density at radius 2 is 1.74 bits per heavy atom. The average molecular weight is 491 g/mol. The van der Waals surface area contributed by atoms with Gasteiger partial charge in [0.05, 0.1) is 18.2 Å². The molecule has 0 saturated carbocycles. The highest BCUT2D eigenvalue weighted by Gasteiger charge is 2.22. The lowest BCUT2D eigenvalue weighted by Gasteiger charge is -2.28. The van der Waals surface area contributed by atoms with E-state index in [1.165, 1.54) is 9.78 Å². The minimum absolute atomic E-state index is 0.0526. The maximum Gasteiger partial charge on any atom is 0.322 e. The van der Waals surface area contributed by atoms with Gasteiger partial charge in [-0.15, -0.1) is 11.3 Å². The zero-order valence-electron chi connectivity index (χ0n) is 20.1. The number of ether oxygens (including phenoxy) is 1. The highest BCUT2D eigenvalue weighted by Crippen LogP contribution is 2.19. The first-order valence-corrected chi connectivity index (χ1v) is 12.2. The summed E-state index contributed by atoms with van der Waals surface area (Å²) in [6.07, 6.45) is 0.605. The molecule has 0 bridgehead atoms. The first-order valence-electron chi connectivity index (χ1n) is 11.4. The fraction of sp³-hybridized carbons (Fsp3) is 0.296. The average Bonchev–Trinajstić information content (AvgIpc) is 3.28. The van der Waals surface area contributed by atoms with E-state index in [-0.39, 0.29) is 18.5 Å².